The Morgan fingerprint density at radius 3 is 2.50 bits per heavy atom. The van der Waals surface area contributed by atoms with Crippen molar-refractivity contribution in [2.24, 2.45) is 0 Å². The molecule has 0 spiro atoms. The summed E-state index contributed by atoms with van der Waals surface area (Å²) >= 11 is 9.63. The van der Waals surface area contributed by atoms with Crippen molar-refractivity contribution in [1.82, 2.24) is 10.2 Å². The first-order valence-electron chi connectivity index (χ1n) is 10.8. The summed E-state index contributed by atoms with van der Waals surface area (Å²) in [4.78, 5) is 2.18. The van der Waals surface area contributed by atoms with Crippen LogP contribution in [0.5, 0.6) is 5.75 Å². The molecule has 0 unspecified atom stereocenters. The van der Waals surface area contributed by atoms with Gasteiger partial charge in [0, 0.05) is 29.1 Å². The summed E-state index contributed by atoms with van der Waals surface area (Å²) in [6, 6.07) is 22.6. The van der Waals surface area contributed by atoms with E-state index in [4.69, 9.17) is 16.3 Å². The largest absolute Gasteiger partial charge is 0.489 e. The molecule has 0 aliphatic carbocycles. The zero-order chi connectivity index (χ0) is 22.8. The van der Waals surface area contributed by atoms with Crippen LogP contribution in [0.15, 0.2) is 77.3 Å². The van der Waals surface area contributed by atoms with Gasteiger partial charge in [0.15, 0.2) is 0 Å². The molecule has 0 aliphatic rings. The quantitative estimate of drug-likeness (QED) is 0.293. The van der Waals surface area contributed by atoms with Gasteiger partial charge in [0.1, 0.15) is 12.4 Å². The summed E-state index contributed by atoms with van der Waals surface area (Å²) in [5, 5.41) is 4.25. The molecule has 1 N–H and O–H groups in total. The first-order chi connectivity index (χ1) is 15.5. The Bertz CT molecular complexity index is 1020. The fraction of sp³-hybridized carbons (Fsp3) is 0.259. The molecule has 3 aromatic rings. The fourth-order valence-electron chi connectivity index (χ4n) is 3.27. The van der Waals surface area contributed by atoms with Gasteiger partial charge in [-0.1, -0.05) is 82.1 Å². The highest BCUT2D eigenvalue weighted by atomic mass is 79.9. The highest BCUT2D eigenvalue weighted by Gasteiger charge is 2.04. The second kappa shape index (κ2) is 12.8. The normalized spacial score (nSPS) is 11.4. The topological polar surface area (TPSA) is 24.5 Å². The van der Waals surface area contributed by atoms with Crippen molar-refractivity contribution in [1.29, 1.82) is 0 Å². The molecule has 3 aromatic carbocycles. The van der Waals surface area contributed by atoms with E-state index in [-0.39, 0.29) is 0 Å². The van der Waals surface area contributed by atoms with Crippen LogP contribution in [0.25, 0.3) is 6.08 Å². The molecular weight excluding hydrogens is 484 g/mol. The van der Waals surface area contributed by atoms with E-state index in [1.54, 1.807) is 0 Å². The molecule has 0 saturated carbocycles. The SMILES string of the molecule is CN(C)CCNCc1cc(C/C=C/c2ccc(Cl)cc2Br)cc(OCc2ccccc2)c1. The Labute approximate surface area is 205 Å². The Kier molecular flexibility index (Phi) is 9.82. The van der Waals surface area contributed by atoms with Crippen LogP contribution < -0.4 is 10.1 Å². The first-order valence-corrected chi connectivity index (χ1v) is 11.9. The highest BCUT2D eigenvalue weighted by molar-refractivity contribution is 9.10. The molecule has 0 heterocycles. The Morgan fingerprint density at radius 2 is 1.75 bits per heavy atom. The minimum Gasteiger partial charge on any atom is -0.489 e. The molecule has 0 aliphatic heterocycles. The van der Waals surface area contributed by atoms with Crippen LogP contribution in [0.3, 0.4) is 0 Å². The van der Waals surface area contributed by atoms with Gasteiger partial charge in [-0.15, -0.1) is 0 Å². The molecule has 0 bridgehead atoms. The third kappa shape index (κ3) is 8.44. The lowest BCUT2D eigenvalue weighted by Crippen LogP contribution is -2.26. The molecule has 0 radical (unpaired) electrons. The summed E-state index contributed by atoms with van der Waals surface area (Å²) in [7, 11) is 4.17. The van der Waals surface area contributed by atoms with E-state index < -0.39 is 0 Å². The molecule has 0 fully saturated rings. The minimum absolute atomic E-state index is 0.561. The van der Waals surface area contributed by atoms with Crippen molar-refractivity contribution >= 4 is 33.6 Å². The highest BCUT2D eigenvalue weighted by Crippen LogP contribution is 2.24. The predicted molar refractivity (Wildman–Crippen MR) is 139 cm³/mol. The molecule has 3 nitrogen and oxygen atoms in total. The van der Waals surface area contributed by atoms with E-state index in [0.717, 1.165) is 52.4 Å². The van der Waals surface area contributed by atoms with Crippen molar-refractivity contribution in [3.8, 4) is 5.75 Å². The Morgan fingerprint density at radius 1 is 0.969 bits per heavy atom. The second-order valence-corrected chi connectivity index (χ2v) is 9.30. The van der Waals surface area contributed by atoms with Crippen LogP contribution in [0.4, 0.5) is 0 Å². The maximum absolute atomic E-state index is 6.13. The molecule has 0 amide bonds. The van der Waals surface area contributed by atoms with Crippen LogP contribution in [0.2, 0.25) is 5.02 Å². The number of hydrogen-bond donors (Lipinski definition) is 1. The van der Waals surface area contributed by atoms with E-state index in [9.17, 15) is 0 Å². The average molecular weight is 514 g/mol. The van der Waals surface area contributed by atoms with E-state index in [1.807, 2.05) is 36.4 Å². The number of ether oxygens (including phenoxy) is 1. The van der Waals surface area contributed by atoms with Crippen molar-refractivity contribution < 1.29 is 4.74 Å². The molecule has 3 rings (SSSR count). The maximum atomic E-state index is 6.13. The van der Waals surface area contributed by atoms with Crippen LogP contribution in [0, 0.1) is 0 Å². The third-order valence-electron chi connectivity index (χ3n) is 4.95. The third-order valence-corrected chi connectivity index (χ3v) is 5.87. The van der Waals surface area contributed by atoms with E-state index >= 15 is 0 Å². The molecule has 0 aromatic heterocycles. The van der Waals surface area contributed by atoms with Crippen LogP contribution >= 0.6 is 27.5 Å². The first kappa shape index (κ1) is 24.5. The van der Waals surface area contributed by atoms with Crippen molar-refractivity contribution in [3.05, 3.63) is 105 Å². The number of allylic oxidation sites excluding steroid dienone is 1. The van der Waals surface area contributed by atoms with Gasteiger partial charge in [-0.05, 0) is 67.0 Å². The number of likely N-dealkylation sites (N-methyl/N-ethyl adjacent to an activating group) is 1. The summed E-state index contributed by atoms with van der Waals surface area (Å²) in [5.74, 6) is 0.900. The van der Waals surface area contributed by atoms with Crippen molar-refractivity contribution in [3.63, 3.8) is 0 Å². The number of halogens is 2. The molecular formula is C27H30BrClN2O. The van der Waals surface area contributed by atoms with Gasteiger partial charge in [0.25, 0.3) is 0 Å². The zero-order valence-corrected chi connectivity index (χ0v) is 21.0. The number of nitrogens with one attached hydrogen (secondary N) is 1. The smallest absolute Gasteiger partial charge is 0.120 e. The summed E-state index contributed by atoms with van der Waals surface area (Å²) < 4.78 is 7.13. The molecule has 5 heteroatoms. The van der Waals surface area contributed by atoms with E-state index in [0.29, 0.717) is 6.61 Å². The van der Waals surface area contributed by atoms with Crippen LogP contribution in [-0.4, -0.2) is 32.1 Å². The Balaban J connectivity index is 1.70. The van der Waals surface area contributed by atoms with Gasteiger partial charge in [-0.2, -0.15) is 0 Å². The zero-order valence-electron chi connectivity index (χ0n) is 18.7. The summed E-state index contributed by atoms with van der Waals surface area (Å²) in [6.45, 7) is 3.33. The lowest BCUT2D eigenvalue weighted by Gasteiger charge is -2.13. The molecule has 32 heavy (non-hydrogen) atoms. The van der Waals surface area contributed by atoms with Crippen LogP contribution in [0.1, 0.15) is 22.3 Å². The molecule has 168 valence electrons. The Hall–Kier alpha value is -2.11. The maximum Gasteiger partial charge on any atom is 0.120 e. The molecule has 0 saturated heterocycles. The second-order valence-electron chi connectivity index (χ2n) is 8.01. The number of benzene rings is 3. The lowest BCUT2D eigenvalue weighted by atomic mass is 10.1. The monoisotopic (exact) mass is 512 g/mol. The van der Waals surface area contributed by atoms with Gasteiger partial charge in [-0.3, -0.25) is 0 Å². The number of hydrogen-bond acceptors (Lipinski definition) is 3. The van der Waals surface area contributed by atoms with Crippen molar-refractivity contribution in [2.75, 3.05) is 27.2 Å². The van der Waals surface area contributed by atoms with Crippen molar-refractivity contribution in [2.45, 2.75) is 19.6 Å². The predicted octanol–water partition coefficient (Wildman–Crippen LogP) is 6.59. The molecule has 0 atom stereocenters. The lowest BCUT2D eigenvalue weighted by molar-refractivity contribution is 0.305. The summed E-state index contributed by atoms with van der Waals surface area (Å²) in [6.07, 6.45) is 5.11. The average Bonchev–Trinajstić information content (AvgIpc) is 2.77. The van der Waals surface area contributed by atoms with Gasteiger partial charge in [-0.25, -0.2) is 0 Å². The fourth-order valence-corrected chi connectivity index (χ4v) is 4.08. The van der Waals surface area contributed by atoms with Crippen LogP contribution in [-0.2, 0) is 19.6 Å². The van der Waals surface area contributed by atoms with Gasteiger partial charge >= 0.3 is 0 Å². The minimum atomic E-state index is 0.561. The van der Waals surface area contributed by atoms with E-state index in [2.05, 4.69) is 82.7 Å². The van der Waals surface area contributed by atoms with Gasteiger partial charge < -0.3 is 15.0 Å². The van der Waals surface area contributed by atoms with E-state index in [1.165, 1.54) is 11.1 Å². The van der Waals surface area contributed by atoms with Gasteiger partial charge in [0.05, 0.1) is 0 Å². The number of rotatable bonds is 11. The standard InChI is InChI=1S/C27H30BrClN2O/c1-31(2)14-13-30-19-23-15-22(9-6-10-24-11-12-25(29)18-27(24)28)16-26(17-23)32-20-21-7-4-3-5-8-21/h3-8,10-12,15-18,30H,9,13-14,19-20H2,1-2H3/b10-6+. The van der Waals surface area contributed by atoms with Gasteiger partial charge in [0.2, 0.25) is 0 Å². The summed E-state index contributed by atoms with van der Waals surface area (Å²) in [5.41, 5.74) is 4.72. The number of nitrogens with zero attached hydrogens (tertiary/aromatic N) is 1.